The van der Waals surface area contributed by atoms with Crippen LogP contribution in [0.4, 0.5) is 16.4 Å². The zero-order valence-electron chi connectivity index (χ0n) is 24.2. The number of benzene rings is 2. The zero-order valence-corrected chi connectivity index (χ0v) is 24.2. The summed E-state index contributed by atoms with van der Waals surface area (Å²) in [6.45, 7) is 9.04. The molecule has 10 nitrogen and oxygen atoms in total. The van der Waals surface area contributed by atoms with E-state index in [2.05, 4.69) is 11.4 Å². The molecule has 0 bridgehead atoms. The molecule has 42 heavy (non-hydrogen) atoms. The summed E-state index contributed by atoms with van der Waals surface area (Å²) < 4.78 is 15.2. The number of nitriles is 1. The maximum absolute atomic E-state index is 13.8. The Morgan fingerprint density at radius 3 is 2.67 bits per heavy atom. The third-order valence-electron chi connectivity index (χ3n) is 7.17. The van der Waals surface area contributed by atoms with Gasteiger partial charge < -0.3 is 14.8 Å². The van der Waals surface area contributed by atoms with Gasteiger partial charge in [-0.15, -0.1) is 5.10 Å². The molecule has 3 aromatic heterocycles. The monoisotopic (exact) mass is 563 g/mol. The summed E-state index contributed by atoms with van der Waals surface area (Å²) >= 11 is 0. The number of aromatic nitrogens is 4. The van der Waals surface area contributed by atoms with Crippen LogP contribution in [0.2, 0.25) is 0 Å². The van der Waals surface area contributed by atoms with Crippen LogP contribution in [0.15, 0.2) is 66.7 Å². The van der Waals surface area contributed by atoms with E-state index < -0.39 is 11.7 Å². The average Bonchev–Trinajstić information content (AvgIpc) is 3.70. The maximum Gasteiger partial charge on any atom is 0.416 e. The Labute approximate surface area is 244 Å². The van der Waals surface area contributed by atoms with Crippen molar-refractivity contribution < 1.29 is 14.3 Å². The molecule has 4 heterocycles. The molecule has 1 amide bonds. The van der Waals surface area contributed by atoms with Crippen molar-refractivity contribution in [2.45, 2.75) is 52.3 Å². The molecule has 1 atom stereocenters. The maximum atomic E-state index is 13.8. The molecule has 10 heteroatoms. The van der Waals surface area contributed by atoms with Crippen LogP contribution >= 0.6 is 0 Å². The number of carbonyl (C=O) groups is 1. The van der Waals surface area contributed by atoms with Gasteiger partial charge in [-0.2, -0.15) is 10.2 Å². The molecule has 1 fully saturated rings. The van der Waals surface area contributed by atoms with E-state index in [4.69, 9.17) is 19.6 Å². The number of nitrogens with zero attached hydrogens (tertiary/aromatic N) is 6. The topological polar surface area (TPSA) is 110 Å². The molecular formula is C32H33N7O3. The Hall–Kier alpha value is -4.88. The highest BCUT2D eigenvalue weighted by Crippen LogP contribution is 2.31. The molecule has 1 unspecified atom stereocenters. The molecule has 2 aromatic carbocycles. The van der Waals surface area contributed by atoms with E-state index in [1.807, 2.05) is 92.9 Å². The number of amides is 1. The predicted octanol–water partition coefficient (Wildman–Crippen LogP) is 6.00. The van der Waals surface area contributed by atoms with Crippen LogP contribution in [0, 0.1) is 18.3 Å². The number of fused-ring (bicyclic) bond motifs is 2. The lowest BCUT2D eigenvalue weighted by atomic mass is 10.1. The second-order valence-electron chi connectivity index (χ2n) is 11.5. The van der Waals surface area contributed by atoms with Crippen LogP contribution in [0.3, 0.4) is 0 Å². The first-order chi connectivity index (χ1) is 20.2. The summed E-state index contributed by atoms with van der Waals surface area (Å²) in [4.78, 5) is 20.4. The van der Waals surface area contributed by atoms with Crippen LogP contribution in [-0.2, 0) is 16.0 Å². The van der Waals surface area contributed by atoms with Gasteiger partial charge in [-0.05, 0) is 70.0 Å². The highest BCUT2D eigenvalue weighted by molar-refractivity contribution is 5.93. The minimum Gasteiger partial charge on any atom is -0.443 e. The van der Waals surface area contributed by atoms with Crippen LogP contribution in [-0.4, -0.2) is 50.1 Å². The highest BCUT2D eigenvalue weighted by atomic mass is 16.6. The normalized spacial score (nSPS) is 15.2. The molecule has 6 rings (SSSR count). The highest BCUT2D eigenvalue weighted by Gasteiger charge is 2.29. The fourth-order valence-corrected chi connectivity index (χ4v) is 5.26. The van der Waals surface area contributed by atoms with Crippen molar-refractivity contribution in [3.05, 3.63) is 83.6 Å². The minimum atomic E-state index is -0.712. The van der Waals surface area contributed by atoms with Crippen LogP contribution in [0.5, 0.6) is 0 Å². The first-order valence-electron chi connectivity index (χ1n) is 14.0. The lowest BCUT2D eigenvalue weighted by molar-refractivity contribution is 0.0576. The van der Waals surface area contributed by atoms with Crippen molar-refractivity contribution >= 4 is 34.1 Å². The van der Waals surface area contributed by atoms with Gasteiger partial charge in [-0.25, -0.2) is 9.31 Å². The summed E-state index contributed by atoms with van der Waals surface area (Å²) in [5, 5.41) is 19.1. The molecule has 1 saturated heterocycles. The van der Waals surface area contributed by atoms with Crippen LogP contribution in [0.1, 0.15) is 44.0 Å². The zero-order chi connectivity index (χ0) is 29.4. The fourth-order valence-electron chi connectivity index (χ4n) is 5.26. The van der Waals surface area contributed by atoms with Crippen molar-refractivity contribution in [2.75, 3.05) is 23.4 Å². The van der Waals surface area contributed by atoms with Gasteiger partial charge in [0, 0.05) is 17.7 Å². The van der Waals surface area contributed by atoms with Crippen molar-refractivity contribution in [2.24, 2.45) is 0 Å². The summed E-state index contributed by atoms with van der Waals surface area (Å²) in [5.74, 6) is 1.54. The second kappa shape index (κ2) is 10.8. The number of anilines is 2. The quantitative estimate of drug-likeness (QED) is 0.270. The van der Waals surface area contributed by atoms with Gasteiger partial charge in [0.1, 0.15) is 16.9 Å². The van der Waals surface area contributed by atoms with Gasteiger partial charge in [0.15, 0.2) is 5.82 Å². The summed E-state index contributed by atoms with van der Waals surface area (Å²) in [7, 11) is 0. The average molecular weight is 564 g/mol. The van der Waals surface area contributed by atoms with Crippen LogP contribution in [0.25, 0.3) is 22.4 Å². The van der Waals surface area contributed by atoms with E-state index >= 15 is 0 Å². The molecular weight excluding hydrogens is 530 g/mol. The van der Waals surface area contributed by atoms with E-state index in [0.717, 1.165) is 34.4 Å². The first kappa shape index (κ1) is 27.3. The fraction of sp³-hybridized carbons (Fsp3) is 0.312. The Morgan fingerprint density at radius 2 is 1.95 bits per heavy atom. The van der Waals surface area contributed by atoms with Gasteiger partial charge >= 0.3 is 6.09 Å². The van der Waals surface area contributed by atoms with Crippen molar-refractivity contribution in [1.29, 1.82) is 5.26 Å². The second-order valence-corrected chi connectivity index (χ2v) is 11.5. The molecule has 1 aliphatic rings. The van der Waals surface area contributed by atoms with Crippen molar-refractivity contribution in [3.63, 3.8) is 0 Å². The Morgan fingerprint density at radius 1 is 1.14 bits per heavy atom. The lowest BCUT2D eigenvalue weighted by Crippen LogP contribution is -2.37. The number of rotatable bonds is 6. The Balaban J connectivity index is 1.58. The van der Waals surface area contributed by atoms with Gasteiger partial charge in [0.2, 0.25) is 0 Å². The third-order valence-corrected chi connectivity index (χ3v) is 7.17. The third kappa shape index (κ3) is 5.27. The van der Waals surface area contributed by atoms with E-state index in [1.165, 1.54) is 0 Å². The largest absolute Gasteiger partial charge is 0.443 e. The predicted molar refractivity (Wildman–Crippen MR) is 161 cm³/mol. The van der Waals surface area contributed by atoms with Gasteiger partial charge in [0.25, 0.3) is 5.95 Å². The smallest absolute Gasteiger partial charge is 0.416 e. The number of hydrogen-bond acceptors (Lipinski definition) is 7. The molecule has 0 saturated carbocycles. The molecule has 0 spiro atoms. The first-order valence-corrected chi connectivity index (χ1v) is 14.0. The number of carbonyl (C=O) groups excluding carboxylic acids is 1. The van der Waals surface area contributed by atoms with E-state index in [9.17, 15) is 10.1 Å². The van der Waals surface area contributed by atoms with Crippen LogP contribution < -0.4 is 10.2 Å². The van der Waals surface area contributed by atoms with E-state index in [-0.39, 0.29) is 12.6 Å². The number of nitrogens with one attached hydrogen (secondary N) is 1. The summed E-state index contributed by atoms with van der Waals surface area (Å²) in [6, 6.07) is 23.6. The summed E-state index contributed by atoms with van der Waals surface area (Å²) in [6.07, 6.45) is 0.368. The standard InChI is InChI=1S/C32H33N7O3/c1-21-17-25-23(18-33)11-8-12-26(25)38(21)30-35-29(27-13-14-28(39(27)36-30)34-24-15-16-41-20-24)37(31(40)42-32(2,3)4)19-22-9-6-5-7-10-22/h5-14,17,24,34H,15-16,19-20H2,1-4H3. The minimum absolute atomic E-state index is 0.142. The number of aryl methyl sites for hydroxylation is 1. The van der Waals surface area contributed by atoms with E-state index in [1.54, 1.807) is 15.5 Å². The molecule has 214 valence electrons. The molecule has 0 aliphatic carbocycles. The molecule has 0 radical (unpaired) electrons. The van der Waals surface area contributed by atoms with Gasteiger partial charge in [0.05, 0.1) is 36.3 Å². The summed E-state index contributed by atoms with van der Waals surface area (Å²) in [5.41, 5.74) is 3.09. The van der Waals surface area contributed by atoms with Crippen molar-refractivity contribution in [1.82, 2.24) is 19.2 Å². The number of hydrogen-bond donors (Lipinski definition) is 1. The lowest BCUT2D eigenvalue weighted by Gasteiger charge is -2.27. The number of ether oxygens (including phenoxy) is 2. The Kier molecular flexibility index (Phi) is 7.04. The van der Waals surface area contributed by atoms with Gasteiger partial charge in [-0.1, -0.05) is 36.4 Å². The van der Waals surface area contributed by atoms with Gasteiger partial charge in [-0.3, -0.25) is 9.47 Å². The molecule has 1 aliphatic heterocycles. The Bertz CT molecular complexity index is 1810. The van der Waals surface area contributed by atoms with E-state index in [0.29, 0.717) is 36.1 Å². The van der Waals surface area contributed by atoms with Crippen molar-refractivity contribution in [3.8, 4) is 12.0 Å². The SMILES string of the molecule is Cc1cc2c(C#N)cccc2n1-c1nc(N(Cc2ccccc2)C(=O)OC(C)(C)C)c2ccc(NC3CCOC3)n2n1. The molecule has 5 aromatic rings. The molecule has 1 N–H and O–H groups in total.